The van der Waals surface area contributed by atoms with Gasteiger partial charge in [0.05, 0.1) is 0 Å². The monoisotopic (exact) mass is 146 g/mol. The molecule has 0 saturated heterocycles. The van der Waals surface area contributed by atoms with E-state index >= 15 is 0 Å². The lowest BCUT2D eigenvalue weighted by molar-refractivity contribution is 0.365. The number of aliphatic hydroxyl groups is 1. The maximum Gasteiger partial charge on any atom is 0.410 e. The second-order valence-electron chi connectivity index (χ2n) is 2.31. The molecule has 0 amide bonds. The van der Waals surface area contributed by atoms with Crippen LogP contribution in [-0.4, -0.2) is 30.2 Å². The molecule has 0 bridgehead atoms. The summed E-state index contributed by atoms with van der Waals surface area (Å²) >= 11 is -0.221. The summed E-state index contributed by atoms with van der Waals surface area (Å²) in [6.45, 7) is 0. The van der Waals surface area contributed by atoms with Gasteiger partial charge in [0.1, 0.15) is 0 Å². The smallest absolute Gasteiger partial charge is 0.410 e. The van der Waals surface area contributed by atoms with E-state index in [1.807, 2.05) is 18.2 Å². The van der Waals surface area contributed by atoms with Gasteiger partial charge in [-0.1, -0.05) is 40.6 Å². The van der Waals surface area contributed by atoms with E-state index < -0.39 is 0 Å². The Bertz CT molecular complexity index is 174. The molecule has 1 aromatic rings. The third-order valence-electron chi connectivity index (χ3n) is 1.47. The second kappa shape index (κ2) is 4.71. The summed E-state index contributed by atoms with van der Waals surface area (Å²) < 4.78 is 1.55. The largest absolute Gasteiger partial charge is 0.424 e. The quantitative estimate of drug-likeness (QED) is 0.627. The van der Waals surface area contributed by atoms with Crippen LogP contribution in [0.4, 0.5) is 0 Å². The number of benzene rings is 1. The average Bonchev–Trinajstić information content (AvgIpc) is 2.03. The zero-order valence-electron chi connectivity index (χ0n) is 5.96. The van der Waals surface area contributed by atoms with Crippen molar-refractivity contribution in [1.29, 1.82) is 0 Å². The molecule has 0 aliphatic heterocycles. The molecule has 1 aromatic carbocycles. The van der Waals surface area contributed by atoms with E-state index in [1.54, 1.807) is 0 Å². The topological polar surface area (TPSA) is 20.2 Å². The first-order valence-electron chi connectivity index (χ1n) is 3.58. The Hall–Kier alpha value is -0.0538. The SMILES string of the molecule is O[CH2][Mg][CH2]c1ccccc1. The van der Waals surface area contributed by atoms with Gasteiger partial charge in [0.15, 0.2) is 0 Å². The minimum absolute atomic E-state index is 0.221. The van der Waals surface area contributed by atoms with Crippen LogP contribution in [0, 0.1) is 0 Å². The Balaban J connectivity index is 2.43. The van der Waals surface area contributed by atoms with Gasteiger partial charge in [-0.3, -0.25) is 0 Å². The third kappa shape index (κ3) is 2.69. The minimum atomic E-state index is -0.221. The van der Waals surface area contributed by atoms with Gasteiger partial charge in [-0.2, -0.15) is 0 Å². The van der Waals surface area contributed by atoms with Gasteiger partial charge in [-0.05, 0) is 0 Å². The average molecular weight is 146 g/mol. The molecule has 0 aliphatic carbocycles. The van der Waals surface area contributed by atoms with Crippen LogP contribution in [0.25, 0.3) is 0 Å². The Labute approximate surface area is 70.8 Å². The van der Waals surface area contributed by atoms with Crippen LogP contribution in [0.5, 0.6) is 0 Å². The van der Waals surface area contributed by atoms with E-state index in [2.05, 4.69) is 12.1 Å². The molecule has 0 heterocycles. The molecule has 1 N–H and O–H groups in total. The molecule has 1 rings (SSSR count). The molecule has 10 heavy (non-hydrogen) atoms. The first-order valence-corrected chi connectivity index (χ1v) is 5.58. The number of hydrogen-bond donors (Lipinski definition) is 1. The van der Waals surface area contributed by atoms with E-state index in [4.69, 9.17) is 5.11 Å². The summed E-state index contributed by atoms with van der Waals surface area (Å²) in [6.07, 6.45) is 0. The summed E-state index contributed by atoms with van der Waals surface area (Å²) in [6, 6.07) is 10.3. The molecule has 0 aromatic heterocycles. The van der Waals surface area contributed by atoms with Gasteiger partial charge in [0.2, 0.25) is 0 Å². The maximum absolute atomic E-state index is 8.59. The van der Waals surface area contributed by atoms with E-state index in [0.717, 1.165) is 4.55 Å². The van der Waals surface area contributed by atoms with Crippen molar-refractivity contribution in [3.63, 3.8) is 0 Å². The van der Waals surface area contributed by atoms with E-state index in [0.29, 0.717) is 4.74 Å². The van der Waals surface area contributed by atoms with Crippen molar-refractivity contribution in [2.45, 2.75) is 4.55 Å². The van der Waals surface area contributed by atoms with Crippen LogP contribution in [0.3, 0.4) is 0 Å². The van der Waals surface area contributed by atoms with Crippen molar-refractivity contribution in [3.05, 3.63) is 35.9 Å². The lowest BCUT2D eigenvalue weighted by atomic mass is 10.2. The highest BCUT2D eigenvalue weighted by Gasteiger charge is 1.93. The van der Waals surface area contributed by atoms with Gasteiger partial charge in [-0.25, -0.2) is 0 Å². The van der Waals surface area contributed by atoms with Crippen LogP contribution in [0.15, 0.2) is 30.3 Å². The molecule has 0 radical (unpaired) electrons. The summed E-state index contributed by atoms with van der Waals surface area (Å²) in [7, 11) is 0. The molecule has 0 saturated carbocycles. The van der Waals surface area contributed by atoms with Crippen LogP contribution in [-0.2, 0) is 4.55 Å². The Morgan fingerprint density at radius 1 is 1.20 bits per heavy atom. The van der Waals surface area contributed by atoms with Crippen molar-refractivity contribution < 1.29 is 5.11 Å². The molecule has 0 fully saturated rings. The van der Waals surface area contributed by atoms with Gasteiger partial charge in [0, 0.05) is 0 Å². The highest BCUT2D eigenvalue weighted by atomic mass is 24.5. The lowest BCUT2D eigenvalue weighted by Gasteiger charge is -1.94. The molecule has 50 valence electrons. The lowest BCUT2D eigenvalue weighted by Crippen LogP contribution is -2.01. The zero-order chi connectivity index (χ0) is 7.23. The Morgan fingerprint density at radius 2 is 1.90 bits per heavy atom. The third-order valence-corrected chi connectivity index (χ3v) is 2.71. The highest BCUT2D eigenvalue weighted by Crippen LogP contribution is 1.97. The van der Waals surface area contributed by atoms with Gasteiger partial charge in [-0.15, -0.1) is 4.55 Å². The fraction of sp³-hybridized carbons (Fsp3) is 0.250. The molecule has 1 nitrogen and oxygen atoms in total. The minimum Gasteiger partial charge on any atom is -0.424 e. The van der Waals surface area contributed by atoms with Gasteiger partial charge < -0.3 is 5.11 Å². The fourth-order valence-corrected chi connectivity index (χ4v) is 1.83. The van der Waals surface area contributed by atoms with Crippen molar-refractivity contribution in [2.75, 3.05) is 4.74 Å². The molecule has 0 atom stereocenters. The number of aliphatic hydroxyl groups excluding tert-OH is 1. The molecule has 0 unspecified atom stereocenters. The van der Waals surface area contributed by atoms with Gasteiger partial charge >= 0.3 is 20.4 Å². The highest BCUT2D eigenvalue weighted by molar-refractivity contribution is 6.34. The summed E-state index contributed by atoms with van der Waals surface area (Å²) in [5.74, 6) is 0. The summed E-state index contributed by atoms with van der Waals surface area (Å²) in [4.78, 5) is 0. The predicted octanol–water partition coefficient (Wildman–Crippen LogP) is 0.841. The van der Waals surface area contributed by atoms with Crippen molar-refractivity contribution in [2.24, 2.45) is 0 Å². The van der Waals surface area contributed by atoms with Crippen LogP contribution in [0.1, 0.15) is 5.56 Å². The first kappa shape index (κ1) is 8.05. The number of rotatable bonds is 3. The van der Waals surface area contributed by atoms with E-state index in [1.165, 1.54) is 5.56 Å². The maximum atomic E-state index is 8.59. The normalized spacial score (nSPS) is 8.90. The van der Waals surface area contributed by atoms with Crippen LogP contribution < -0.4 is 0 Å². The van der Waals surface area contributed by atoms with Gasteiger partial charge in [0.25, 0.3) is 0 Å². The van der Waals surface area contributed by atoms with Crippen LogP contribution >= 0.6 is 0 Å². The standard InChI is InChI=1S/C7H7.CH3O.Mg/c1-7-5-3-2-4-6-7;1-2;/h2-6H,1H2;2H,1H2;. The Morgan fingerprint density at radius 3 is 2.50 bits per heavy atom. The fourth-order valence-electron chi connectivity index (χ4n) is 0.928. The zero-order valence-corrected chi connectivity index (χ0v) is 7.37. The summed E-state index contributed by atoms with van der Waals surface area (Å²) in [5.41, 5.74) is 1.36. The molecule has 0 spiro atoms. The van der Waals surface area contributed by atoms with E-state index in [9.17, 15) is 0 Å². The molecule has 2 heteroatoms. The predicted molar refractivity (Wildman–Crippen MR) is 43.0 cm³/mol. The van der Waals surface area contributed by atoms with Crippen molar-refractivity contribution in [1.82, 2.24) is 0 Å². The number of hydrogen-bond acceptors (Lipinski definition) is 1. The van der Waals surface area contributed by atoms with Crippen molar-refractivity contribution >= 4 is 20.4 Å². The molecule has 0 aliphatic rings. The first-order chi connectivity index (χ1) is 4.93. The Kier molecular flexibility index (Phi) is 3.79. The summed E-state index contributed by atoms with van der Waals surface area (Å²) in [5, 5.41) is 8.59. The second-order valence-corrected chi connectivity index (χ2v) is 3.97. The van der Waals surface area contributed by atoms with Crippen molar-refractivity contribution in [3.8, 4) is 0 Å². The molecular weight excluding hydrogens is 136 g/mol. The van der Waals surface area contributed by atoms with Crippen LogP contribution in [0.2, 0.25) is 0 Å². The molecular formula is C8H10MgO. The van der Waals surface area contributed by atoms with E-state index in [-0.39, 0.29) is 20.4 Å².